The van der Waals surface area contributed by atoms with Gasteiger partial charge in [-0.1, -0.05) is 103 Å². The number of allylic oxidation sites excluding steroid dienone is 4. The molecule has 0 nitrogen and oxygen atoms in total. The summed E-state index contributed by atoms with van der Waals surface area (Å²) in [5.74, 6) is 1.45. The van der Waals surface area contributed by atoms with E-state index in [1.807, 2.05) is 0 Å². The zero-order valence-corrected chi connectivity index (χ0v) is 16.5. The maximum atomic E-state index is 2.83. The highest BCUT2D eigenvalue weighted by Crippen LogP contribution is 2.68. The summed E-state index contributed by atoms with van der Waals surface area (Å²) in [4.78, 5) is 0. The van der Waals surface area contributed by atoms with E-state index < -0.39 is 0 Å². The van der Waals surface area contributed by atoms with Crippen molar-refractivity contribution in [2.45, 2.75) is 91.2 Å². The zero-order valence-electron chi connectivity index (χ0n) is 16.5. The van der Waals surface area contributed by atoms with Crippen LogP contribution in [0, 0.1) is 22.7 Å². The molecule has 3 rings (SSSR count). The average molecular weight is 311 g/mol. The van der Waals surface area contributed by atoms with Crippen LogP contribution >= 0.6 is 0 Å². The highest BCUT2D eigenvalue weighted by atomic mass is 14.5. The third kappa shape index (κ3) is 2.87. The van der Waals surface area contributed by atoms with Crippen LogP contribution in [0.3, 0.4) is 0 Å². The first-order valence-corrected chi connectivity index (χ1v) is 9.75. The minimum absolute atomic E-state index is 0.264. The highest BCUT2D eigenvalue weighted by Gasteiger charge is 2.56. The van der Waals surface area contributed by atoms with Crippen molar-refractivity contribution in [2.24, 2.45) is 22.7 Å². The van der Waals surface area contributed by atoms with Crippen LogP contribution in [0.2, 0.25) is 10.6 Å². The SMILES string of the molecule is CC(C)(C)C1=CC2C(C=C1)CCCC1(C(C)(C)C)[B]C2(C)CC1. The molecule has 127 valence electrons. The standard InChI is InChI=1S/C22H36B/c1-19(2,3)17-11-10-16-9-8-12-22(20(4,5)6)14-13-21(7,23-22)18(16)15-17/h10-11,15-16,18H,8-9,12-14H2,1-7H3. The normalized spacial score (nSPS) is 40.7. The molecule has 0 amide bonds. The Balaban J connectivity index is 1.98. The fourth-order valence-electron chi connectivity index (χ4n) is 5.52. The van der Waals surface area contributed by atoms with Gasteiger partial charge in [0.2, 0.25) is 0 Å². The first-order chi connectivity index (χ1) is 10.5. The summed E-state index contributed by atoms with van der Waals surface area (Å²) < 4.78 is 0. The molecule has 2 fully saturated rings. The van der Waals surface area contributed by atoms with Crippen molar-refractivity contribution >= 4 is 7.28 Å². The largest absolute Gasteiger partial charge is 0.127 e. The first kappa shape index (κ1) is 17.4. The van der Waals surface area contributed by atoms with E-state index in [9.17, 15) is 0 Å². The molecule has 2 saturated heterocycles. The van der Waals surface area contributed by atoms with Crippen LogP contribution < -0.4 is 0 Å². The Morgan fingerprint density at radius 3 is 2.35 bits per heavy atom. The molecule has 23 heavy (non-hydrogen) atoms. The van der Waals surface area contributed by atoms with Gasteiger partial charge < -0.3 is 0 Å². The van der Waals surface area contributed by atoms with Crippen LogP contribution in [-0.2, 0) is 0 Å². The Bertz CT molecular complexity index is 527. The first-order valence-electron chi connectivity index (χ1n) is 9.75. The topological polar surface area (TPSA) is 0 Å². The minimum atomic E-state index is 0.264. The van der Waals surface area contributed by atoms with Gasteiger partial charge in [0.15, 0.2) is 0 Å². The summed E-state index contributed by atoms with van der Waals surface area (Å²) in [6.07, 6.45) is 14.5. The Morgan fingerprint density at radius 1 is 1.04 bits per heavy atom. The maximum Gasteiger partial charge on any atom is 0.127 e. The Hall–Kier alpha value is -0.455. The summed E-state index contributed by atoms with van der Waals surface area (Å²) in [6, 6.07) is 0. The van der Waals surface area contributed by atoms with Gasteiger partial charge in [-0.25, -0.2) is 0 Å². The van der Waals surface area contributed by atoms with Gasteiger partial charge >= 0.3 is 0 Å². The molecule has 0 saturated carbocycles. The van der Waals surface area contributed by atoms with Gasteiger partial charge in [-0.05, 0) is 34.7 Å². The summed E-state index contributed by atoms with van der Waals surface area (Å²) >= 11 is 0. The third-order valence-corrected chi connectivity index (χ3v) is 7.34. The fourth-order valence-corrected chi connectivity index (χ4v) is 5.52. The lowest BCUT2D eigenvalue weighted by Crippen LogP contribution is -2.39. The van der Waals surface area contributed by atoms with Gasteiger partial charge in [-0.15, -0.1) is 0 Å². The van der Waals surface area contributed by atoms with Crippen LogP contribution in [0.25, 0.3) is 0 Å². The molecule has 1 radical (unpaired) electrons. The molecule has 4 atom stereocenters. The van der Waals surface area contributed by atoms with Gasteiger partial charge in [0.25, 0.3) is 0 Å². The zero-order chi connectivity index (χ0) is 17.1. The van der Waals surface area contributed by atoms with E-state index in [2.05, 4.69) is 74.0 Å². The molecule has 1 aliphatic carbocycles. The molecule has 0 aromatic carbocycles. The second-order valence-corrected chi connectivity index (χ2v) is 10.9. The maximum absolute atomic E-state index is 2.83. The van der Waals surface area contributed by atoms with Crippen molar-refractivity contribution < 1.29 is 0 Å². The van der Waals surface area contributed by atoms with E-state index >= 15 is 0 Å². The highest BCUT2D eigenvalue weighted by molar-refractivity contribution is 6.46. The van der Waals surface area contributed by atoms with Crippen LogP contribution in [0.15, 0.2) is 23.8 Å². The van der Waals surface area contributed by atoms with Gasteiger partial charge in [0, 0.05) is 0 Å². The molecule has 0 aromatic rings. The van der Waals surface area contributed by atoms with E-state index in [1.54, 1.807) is 5.57 Å². The molecule has 2 aliphatic heterocycles. The predicted octanol–water partition coefficient (Wildman–Crippen LogP) is 6.83. The fraction of sp³-hybridized carbons (Fsp3) is 0.818. The monoisotopic (exact) mass is 311 g/mol. The molecule has 1 heteroatoms. The Morgan fingerprint density at radius 2 is 1.74 bits per heavy atom. The lowest BCUT2D eigenvalue weighted by atomic mass is 9.33. The smallest absolute Gasteiger partial charge is 0.0806 e. The van der Waals surface area contributed by atoms with E-state index in [0.717, 1.165) is 5.92 Å². The van der Waals surface area contributed by atoms with E-state index in [-0.39, 0.29) is 5.41 Å². The minimum Gasteiger partial charge on any atom is -0.0806 e. The van der Waals surface area contributed by atoms with Crippen molar-refractivity contribution in [3.63, 3.8) is 0 Å². The second kappa shape index (κ2) is 5.27. The predicted molar refractivity (Wildman–Crippen MR) is 103 cm³/mol. The van der Waals surface area contributed by atoms with Gasteiger partial charge in [0.1, 0.15) is 7.28 Å². The van der Waals surface area contributed by atoms with Gasteiger partial charge in [-0.3, -0.25) is 0 Å². The van der Waals surface area contributed by atoms with Crippen molar-refractivity contribution in [3.05, 3.63) is 23.8 Å². The molecular weight excluding hydrogens is 275 g/mol. The lowest BCUT2D eigenvalue weighted by molar-refractivity contribution is 0.230. The van der Waals surface area contributed by atoms with Crippen molar-refractivity contribution in [1.82, 2.24) is 0 Å². The molecule has 0 aromatic heterocycles. The van der Waals surface area contributed by atoms with Gasteiger partial charge in [0.05, 0.1) is 0 Å². The van der Waals surface area contributed by atoms with Crippen LogP contribution in [-0.4, -0.2) is 7.28 Å². The van der Waals surface area contributed by atoms with Gasteiger partial charge in [-0.2, -0.15) is 0 Å². The van der Waals surface area contributed by atoms with E-state index in [1.165, 1.54) is 32.1 Å². The molecule has 4 unspecified atom stereocenters. The van der Waals surface area contributed by atoms with E-state index in [0.29, 0.717) is 22.0 Å². The molecule has 3 aliphatic rings. The molecule has 0 spiro atoms. The van der Waals surface area contributed by atoms with Crippen molar-refractivity contribution in [3.8, 4) is 0 Å². The van der Waals surface area contributed by atoms with Crippen molar-refractivity contribution in [1.29, 1.82) is 0 Å². The summed E-state index contributed by atoms with van der Waals surface area (Å²) in [5, 5.41) is 0.823. The Kier molecular flexibility index (Phi) is 3.98. The van der Waals surface area contributed by atoms with Crippen LogP contribution in [0.4, 0.5) is 0 Å². The molecular formula is C22H36B. The number of fused-ring (bicyclic) bond motifs is 4. The summed E-state index contributed by atoms with van der Waals surface area (Å²) in [7, 11) is 2.83. The Labute approximate surface area is 145 Å². The van der Waals surface area contributed by atoms with Crippen LogP contribution in [0.1, 0.15) is 80.6 Å². The van der Waals surface area contributed by atoms with Crippen molar-refractivity contribution in [2.75, 3.05) is 0 Å². The number of hydrogen-bond donors (Lipinski definition) is 0. The summed E-state index contributed by atoms with van der Waals surface area (Å²) in [6.45, 7) is 17.0. The number of rotatable bonds is 0. The summed E-state index contributed by atoms with van der Waals surface area (Å²) in [5.41, 5.74) is 2.20. The van der Waals surface area contributed by atoms with Crippen LogP contribution in [0.5, 0.6) is 0 Å². The quantitative estimate of drug-likeness (QED) is 0.430. The lowest BCUT2D eigenvalue weighted by Gasteiger charge is -2.48. The molecule has 0 N–H and O–H groups in total. The second-order valence-electron chi connectivity index (χ2n) is 10.9. The molecule has 2 bridgehead atoms. The number of hydrogen-bond acceptors (Lipinski definition) is 0. The molecule has 2 heterocycles. The third-order valence-electron chi connectivity index (χ3n) is 7.34. The van der Waals surface area contributed by atoms with E-state index in [4.69, 9.17) is 0 Å². The average Bonchev–Trinajstić information content (AvgIpc) is 2.78.